The van der Waals surface area contributed by atoms with Gasteiger partial charge < -0.3 is 5.32 Å². The van der Waals surface area contributed by atoms with Crippen molar-refractivity contribution in [3.8, 4) is 11.1 Å². The molecule has 2 aromatic carbocycles. The molecule has 6 heteroatoms. The standard InChI is InChI=1S/C17H20N2O3S/c1-23(21,22)19-12-11-18-17(20)13-14-7-9-16(10-8-14)15-5-3-2-4-6-15/h2-10,19H,11-13H2,1H3,(H,18,20). The van der Waals surface area contributed by atoms with E-state index in [2.05, 4.69) is 10.0 Å². The van der Waals surface area contributed by atoms with Crippen LogP contribution in [0.3, 0.4) is 0 Å². The second-order valence-corrected chi connectivity index (χ2v) is 7.09. The highest BCUT2D eigenvalue weighted by Crippen LogP contribution is 2.19. The van der Waals surface area contributed by atoms with Crippen molar-refractivity contribution in [1.29, 1.82) is 0 Å². The van der Waals surface area contributed by atoms with E-state index in [-0.39, 0.29) is 25.4 Å². The number of carbonyl (C=O) groups excluding carboxylic acids is 1. The number of nitrogens with one attached hydrogen (secondary N) is 2. The fourth-order valence-electron chi connectivity index (χ4n) is 2.13. The van der Waals surface area contributed by atoms with Crippen LogP contribution in [0.2, 0.25) is 0 Å². The first kappa shape index (κ1) is 17.2. The molecule has 0 saturated carbocycles. The van der Waals surface area contributed by atoms with Crippen LogP contribution < -0.4 is 10.0 Å². The molecule has 0 fully saturated rings. The van der Waals surface area contributed by atoms with E-state index in [1.54, 1.807) is 0 Å². The summed E-state index contributed by atoms with van der Waals surface area (Å²) in [6, 6.07) is 17.9. The second kappa shape index (κ2) is 7.89. The van der Waals surface area contributed by atoms with E-state index < -0.39 is 10.0 Å². The highest BCUT2D eigenvalue weighted by Gasteiger charge is 2.05. The number of benzene rings is 2. The van der Waals surface area contributed by atoms with Gasteiger partial charge in [-0.3, -0.25) is 4.79 Å². The Hall–Kier alpha value is -2.18. The molecule has 0 aliphatic rings. The van der Waals surface area contributed by atoms with E-state index in [0.29, 0.717) is 0 Å². The molecule has 0 atom stereocenters. The molecule has 0 unspecified atom stereocenters. The van der Waals surface area contributed by atoms with Gasteiger partial charge in [0, 0.05) is 13.1 Å². The summed E-state index contributed by atoms with van der Waals surface area (Å²) in [5.41, 5.74) is 3.15. The van der Waals surface area contributed by atoms with Crippen LogP contribution in [-0.2, 0) is 21.2 Å². The number of carbonyl (C=O) groups is 1. The number of amides is 1. The number of hydrogen-bond donors (Lipinski definition) is 2. The van der Waals surface area contributed by atoms with Crippen molar-refractivity contribution in [3.05, 3.63) is 60.2 Å². The van der Waals surface area contributed by atoms with Gasteiger partial charge in [0.2, 0.25) is 15.9 Å². The van der Waals surface area contributed by atoms with Gasteiger partial charge >= 0.3 is 0 Å². The molecule has 0 spiro atoms. The van der Waals surface area contributed by atoms with Gasteiger partial charge in [-0.15, -0.1) is 0 Å². The van der Waals surface area contributed by atoms with Gasteiger partial charge in [0.05, 0.1) is 12.7 Å². The maximum Gasteiger partial charge on any atom is 0.224 e. The van der Waals surface area contributed by atoms with Crippen LogP contribution in [0.15, 0.2) is 54.6 Å². The number of rotatable bonds is 7. The van der Waals surface area contributed by atoms with Crippen LogP contribution in [0, 0.1) is 0 Å². The number of hydrogen-bond acceptors (Lipinski definition) is 3. The molecule has 5 nitrogen and oxygen atoms in total. The summed E-state index contributed by atoms with van der Waals surface area (Å²) in [4.78, 5) is 11.8. The van der Waals surface area contributed by atoms with Crippen molar-refractivity contribution in [3.63, 3.8) is 0 Å². The van der Waals surface area contributed by atoms with Crippen LogP contribution in [0.5, 0.6) is 0 Å². The van der Waals surface area contributed by atoms with Gasteiger partial charge in [0.25, 0.3) is 0 Å². The largest absolute Gasteiger partial charge is 0.355 e. The molecule has 2 N–H and O–H groups in total. The third-order valence-corrected chi connectivity index (χ3v) is 3.97. The Labute approximate surface area is 136 Å². The quantitative estimate of drug-likeness (QED) is 0.756. The molecule has 0 aliphatic carbocycles. The van der Waals surface area contributed by atoms with Gasteiger partial charge in [-0.1, -0.05) is 54.6 Å². The van der Waals surface area contributed by atoms with Crippen molar-refractivity contribution in [2.24, 2.45) is 0 Å². The monoisotopic (exact) mass is 332 g/mol. The van der Waals surface area contributed by atoms with Gasteiger partial charge in [0.1, 0.15) is 0 Å². The van der Waals surface area contributed by atoms with E-state index in [4.69, 9.17) is 0 Å². The first-order chi connectivity index (χ1) is 10.9. The third kappa shape index (κ3) is 6.22. The zero-order chi connectivity index (χ0) is 16.7. The van der Waals surface area contributed by atoms with Crippen molar-refractivity contribution < 1.29 is 13.2 Å². The lowest BCUT2D eigenvalue weighted by atomic mass is 10.0. The van der Waals surface area contributed by atoms with Gasteiger partial charge in [0.15, 0.2) is 0 Å². The summed E-state index contributed by atoms with van der Waals surface area (Å²) < 4.78 is 24.1. The van der Waals surface area contributed by atoms with Crippen molar-refractivity contribution in [1.82, 2.24) is 10.0 Å². The molecular formula is C17H20N2O3S. The van der Waals surface area contributed by atoms with Crippen LogP contribution in [0.1, 0.15) is 5.56 Å². The Morgan fingerprint density at radius 3 is 2.13 bits per heavy atom. The molecule has 0 saturated heterocycles. The maximum absolute atomic E-state index is 11.8. The molecular weight excluding hydrogens is 312 g/mol. The predicted octanol–water partition coefficient (Wildman–Crippen LogP) is 1.56. The van der Waals surface area contributed by atoms with E-state index in [1.165, 1.54) is 0 Å². The summed E-state index contributed by atoms with van der Waals surface area (Å²) in [6.07, 6.45) is 1.36. The Balaban J connectivity index is 1.83. The Morgan fingerprint density at radius 1 is 0.913 bits per heavy atom. The zero-order valence-electron chi connectivity index (χ0n) is 13.0. The van der Waals surface area contributed by atoms with E-state index in [0.717, 1.165) is 22.9 Å². The van der Waals surface area contributed by atoms with Crippen molar-refractivity contribution in [2.45, 2.75) is 6.42 Å². The summed E-state index contributed by atoms with van der Waals surface area (Å²) in [6.45, 7) is 0.464. The maximum atomic E-state index is 11.8. The number of sulfonamides is 1. The van der Waals surface area contributed by atoms with Gasteiger partial charge in [-0.2, -0.15) is 0 Å². The normalized spacial score (nSPS) is 11.2. The van der Waals surface area contributed by atoms with Crippen molar-refractivity contribution >= 4 is 15.9 Å². The molecule has 2 aromatic rings. The molecule has 0 heterocycles. The lowest BCUT2D eigenvalue weighted by molar-refractivity contribution is -0.120. The summed E-state index contributed by atoms with van der Waals surface area (Å²) >= 11 is 0. The lowest BCUT2D eigenvalue weighted by Gasteiger charge is -2.07. The van der Waals surface area contributed by atoms with Crippen LogP contribution in [0.4, 0.5) is 0 Å². The molecule has 0 bridgehead atoms. The summed E-state index contributed by atoms with van der Waals surface area (Å²) in [5.74, 6) is -0.132. The van der Waals surface area contributed by atoms with Gasteiger partial charge in [-0.25, -0.2) is 13.1 Å². The fraction of sp³-hybridized carbons (Fsp3) is 0.235. The Kier molecular flexibility index (Phi) is 5.90. The zero-order valence-corrected chi connectivity index (χ0v) is 13.8. The minimum atomic E-state index is -3.21. The van der Waals surface area contributed by atoms with Crippen LogP contribution in [0.25, 0.3) is 11.1 Å². The topological polar surface area (TPSA) is 75.3 Å². The molecule has 23 heavy (non-hydrogen) atoms. The molecule has 1 amide bonds. The lowest BCUT2D eigenvalue weighted by Crippen LogP contribution is -2.34. The Bertz CT molecular complexity index is 741. The van der Waals surface area contributed by atoms with Crippen molar-refractivity contribution in [2.75, 3.05) is 19.3 Å². The van der Waals surface area contributed by atoms with Crippen LogP contribution in [-0.4, -0.2) is 33.7 Å². The SMILES string of the molecule is CS(=O)(=O)NCCNC(=O)Cc1ccc(-c2ccccc2)cc1. The minimum Gasteiger partial charge on any atom is -0.355 e. The minimum absolute atomic E-state index is 0.132. The van der Waals surface area contributed by atoms with Gasteiger partial charge in [-0.05, 0) is 16.7 Å². The van der Waals surface area contributed by atoms with E-state index in [9.17, 15) is 13.2 Å². The molecule has 0 aromatic heterocycles. The Morgan fingerprint density at radius 2 is 1.52 bits per heavy atom. The van der Waals surface area contributed by atoms with E-state index in [1.807, 2.05) is 54.6 Å². The average Bonchev–Trinajstić information content (AvgIpc) is 2.52. The smallest absolute Gasteiger partial charge is 0.224 e. The molecule has 2 rings (SSSR count). The van der Waals surface area contributed by atoms with E-state index >= 15 is 0 Å². The van der Waals surface area contributed by atoms with Crippen LogP contribution >= 0.6 is 0 Å². The molecule has 122 valence electrons. The first-order valence-electron chi connectivity index (χ1n) is 7.30. The summed E-state index contributed by atoms with van der Waals surface area (Å²) in [5, 5.41) is 2.68. The summed E-state index contributed by atoms with van der Waals surface area (Å²) in [7, 11) is -3.21. The third-order valence-electron chi connectivity index (χ3n) is 3.24. The first-order valence-corrected chi connectivity index (χ1v) is 9.19. The second-order valence-electron chi connectivity index (χ2n) is 5.26. The highest BCUT2D eigenvalue weighted by atomic mass is 32.2. The molecule has 0 radical (unpaired) electrons. The fourth-order valence-corrected chi connectivity index (χ4v) is 2.60. The molecule has 0 aliphatic heterocycles. The predicted molar refractivity (Wildman–Crippen MR) is 91.4 cm³/mol. The highest BCUT2D eigenvalue weighted by molar-refractivity contribution is 7.88. The average molecular weight is 332 g/mol.